The lowest BCUT2D eigenvalue weighted by Gasteiger charge is -2.14. The third-order valence-corrected chi connectivity index (χ3v) is 3.66. The first-order chi connectivity index (χ1) is 6.98. The van der Waals surface area contributed by atoms with E-state index in [1.165, 1.54) is 32.6 Å². The number of H-pyrrole nitrogens is 1. The maximum absolute atomic E-state index is 11.7. The summed E-state index contributed by atoms with van der Waals surface area (Å²) in [4.78, 5) is 13.7. The van der Waals surface area contributed by atoms with Crippen LogP contribution < -0.4 is 0 Å². The molecule has 84 valence electrons. The number of nitrogens with zero attached hydrogens (tertiary/aromatic N) is 1. The molecule has 0 aliphatic rings. The van der Waals surface area contributed by atoms with Crippen LogP contribution in [0.2, 0.25) is 0 Å². The molecule has 0 radical (unpaired) electrons. The van der Waals surface area contributed by atoms with Crippen molar-refractivity contribution in [3.05, 3.63) is 18.5 Å². The summed E-state index contributed by atoms with van der Waals surface area (Å²) in [6.07, 6.45) is 2.85. The average molecular weight is 232 g/mol. The number of ether oxygens (including phenoxy) is 1. The van der Waals surface area contributed by atoms with Crippen molar-refractivity contribution in [1.82, 2.24) is 9.29 Å². The van der Waals surface area contributed by atoms with E-state index in [0.717, 1.165) is 4.31 Å². The average Bonchev–Trinajstić information content (AvgIpc) is 2.70. The largest absolute Gasteiger partial charge is 0.468 e. The second-order valence-corrected chi connectivity index (χ2v) is 4.93. The third kappa shape index (κ3) is 2.57. The molecule has 0 aliphatic heterocycles. The van der Waals surface area contributed by atoms with Crippen molar-refractivity contribution in [2.24, 2.45) is 0 Å². The molecular formula is C8H12N2O4S. The Hall–Kier alpha value is -1.34. The molecule has 0 saturated carbocycles. The van der Waals surface area contributed by atoms with Crippen molar-refractivity contribution in [2.45, 2.75) is 4.90 Å². The van der Waals surface area contributed by atoms with Gasteiger partial charge >= 0.3 is 5.97 Å². The fourth-order valence-corrected chi connectivity index (χ4v) is 2.07. The molecule has 15 heavy (non-hydrogen) atoms. The molecule has 0 aromatic carbocycles. The first-order valence-electron chi connectivity index (χ1n) is 4.14. The van der Waals surface area contributed by atoms with E-state index < -0.39 is 16.0 Å². The summed E-state index contributed by atoms with van der Waals surface area (Å²) in [5, 5.41) is 0. The number of aromatic nitrogens is 1. The van der Waals surface area contributed by atoms with Crippen LogP contribution >= 0.6 is 0 Å². The lowest BCUT2D eigenvalue weighted by molar-refractivity contribution is -0.140. The number of likely N-dealkylation sites (N-methyl/N-ethyl adjacent to an activating group) is 1. The zero-order valence-corrected chi connectivity index (χ0v) is 9.24. The smallest absolute Gasteiger partial charge is 0.321 e. The van der Waals surface area contributed by atoms with Crippen LogP contribution in [0.15, 0.2) is 23.4 Å². The summed E-state index contributed by atoms with van der Waals surface area (Å²) >= 11 is 0. The topological polar surface area (TPSA) is 79.5 Å². The Labute approximate surface area is 87.9 Å². The number of hydrogen-bond donors (Lipinski definition) is 1. The minimum atomic E-state index is -3.60. The molecule has 1 heterocycles. The molecule has 0 atom stereocenters. The molecule has 1 rings (SSSR count). The van der Waals surface area contributed by atoms with Gasteiger partial charge in [0, 0.05) is 19.4 Å². The van der Waals surface area contributed by atoms with Crippen molar-refractivity contribution in [3.8, 4) is 0 Å². The number of methoxy groups -OCH3 is 1. The van der Waals surface area contributed by atoms with E-state index in [1.807, 2.05) is 0 Å². The minimum absolute atomic E-state index is 0.119. The molecule has 1 aromatic rings. The van der Waals surface area contributed by atoms with Gasteiger partial charge in [-0.05, 0) is 6.07 Å². The van der Waals surface area contributed by atoms with Gasteiger partial charge in [-0.3, -0.25) is 4.79 Å². The molecule has 0 spiro atoms. The predicted molar refractivity (Wildman–Crippen MR) is 52.6 cm³/mol. The van der Waals surface area contributed by atoms with E-state index in [2.05, 4.69) is 9.72 Å². The van der Waals surface area contributed by atoms with Crippen LogP contribution in [0.4, 0.5) is 0 Å². The zero-order chi connectivity index (χ0) is 11.5. The highest BCUT2D eigenvalue weighted by atomic mass is 32.2. The van der Waals surface area contributed by atoms with Gasteiger partial charge in [0.05, 0.1) is 12.0 Å². The summed E-state index contributed by atoms with van der Waals surface area (Å²) in [6.45, 7) is -0.302. The minimum Gasteiger partial charge on any atom is -0.468 e. The van der Waals surface area contributed by atoms with E-state index in [9.17, 15) is 13.2 Å². The maximum atomic E-state index is 11.7. The van der Waals surface area contributed by atoms with Crippen LogP contribution in [0.5, 0.6) is 0 Å². The van der Waals surface area contributed by atoms with Gasteiger partial charge in [0.2, 0.25) is 10.0 Å². The van der Waals surface area contributed by atoms with Crippen LogP contribution in [-0.4, -0.2) is 44.4 Å². The second-order valence-electron chi connectivity index (χ2n) is 2.88. The van der Waals surface area contributed by atoms with E-state index in [4.69, 9.17) is 0 Å². The number of aromatic amines is 1. The zero-order valence-electron chi connectivity index (χ0n) is 8.43. The molecule has 6 nitrogen and oxygen atoms in total. The molecule has 7 heteroatoms. The lowest BCUT2D eigenvalue weighted by Crippen LogP contribution is -2.32. The molecule has 1 N–H and O–H groups in total. The Morgan fingerprint density at radius 1 is 1.60 bits per heavy atom. The number of sulfonamides is 1. The highest BCUT2D eigenvalue weighted by molar-refractivity contribution is 7.89. The molecule has 1 aromatic heterocycles. The molecule has 0 amide bonds. The number of nitrogens with one attached hydrogen (secondary N) is 1. The molecular weight excluding hydrogens is 220 g/mol. The number of carbonyl (C=O) groups excluding carboxylic acids is 1. The number of rotatable bonds is 4. The third-order valence-electron chi connectivity index (χ3n) is 1.86. The standard InChI is InChI=1S/C8H12N2O4S/c1-10(6-8(11)14-2)15(12,13)7-3-4-9-5-7/h3-5,9H,6H2,1-2H3. The summed E-state index contributed by atoms with van der Waals surface area (Å²) in [7, 11) is -1.07. The Morgan fingerprint density at radius 3 is 2.73 bits per heavy atom. The van der Waals surface area contributed by atoms with Crippen molar-refractivity contribution in [3.63, 3.8) is 0 Å². The van der Waals surface area contributed by atoms with E-state index in [0.29, 0.717) is 0 Å². The highest BCUT2D eigenvalue weighted by Crippen LogP contribution is 2.12. The normalized spacial score (nSPS) is 11.7. The van der Waals surface area contributed by atoms with Crippen LogP contribution in [0.3, 0.4) is 0 Å². The summed E-state index contributed by atoms with van der Waals surface area (Å²) in [5.41, 5.74) is 0. The van der Waals surface area contributed by atoms with Gasteiger partial charge in [0.25, 0.3) is 0 Å². The highest BCUT2D eigenvalue weighted by Gasteiger charge is 2.23. The predicted octanol–water partition coefficient (Wildman–Crippen LogP) is -0.192. The first kappa shape index (κ1) is 11.7. The Balaban J connectivity index is 2.84. The molecule has 0 unspecified atom stereocenters. The van der Waals surface area contributed by atoms with Gasteiger partial charge in [-0.25, -0.2) is 8.42 Å². The van der Waals surface area contributed by atoms with Gasteiger partial charge in [-0.1, -0.05) is 0 Å². The van der Waals surface area contributed by atoms with Crippen molar-refractivity contribution >= 4 is 16.0 Å². The maximum Gasteiger partial charge on any atom is 0.321 e. The summed E-state index contributed by atoms with van der Waals surface area (Å²) in [5.74, 6) is -0.600. The van der Waals surface area contributed by atoms with Crippen LogP contribution in [0, 0.1) is 0 Å². The molecule has 0 aliphatic carbocycles. The van der Waals surface area contributed by atoms with Crippen molar-refractivity contribution < 1.29 is 17.9 Å². The van der Waals surface area contributed by atoms with E-state index in [-0.39, 0.29) is 11.4 Å². The first-order valence-corrected chi connectivity index (χ1v) is 5.58. The quantitative estimate of drug-likeness (QED) is 0.730. The fourth-order valence-electron chi connectivity index (χ4n) is 0.980. The van der Waals surface area contributed by atoms with E-state index in [1.54, 1.807) is 0 Å². The second kappa shape index (κ2) is 4.45. The monoisotopic (exact) mass is 232 g/mol. The lowest BCUT2D eigenvalue weighted by atomic mass is 10.7. The summed E-state index contributed by atoms with van der Waals surface area (Å²) in [6, 6.07) is 1.42. The number of carbonyl (C=O) groups is 1. The fraction of sp³-hybridized carbons (Fsp3) is 0.375. The Morgan fingerprint density at radius 2 is 2.27 bits per heavy atom. The van der Waals surface area contributed by atoms with Crippen molar-refractivity contribution in [1.29, 1.82) is 0 Å². The van der Waals surface area contributed by atoms with Crippen LogP contribution in [0.25, 0.3) is 0 Å². The number of hydrogen-bond acceptors (Lipinski definition) is 4. The van der Waals surface area contributed by atoms with E-state index >= 15 is 0 Å². The number of esters is 1. The van der Waals surface area contributed by atoms with Crippen molar-refractivity contribution in [2.75, 3.05) is 20.7 Å². The van der Waals surface area contributed by atoms with Gasteiger partial charge in [0.15, 0.2) is 0 Å². The molecule has 0 bridgehead atoms. The Kier molecular flexibility index (Phi) is 3.48. The molecule has 0 saturated heterocycles. The Bertz CT molecular complexity index is 424. The van der Waals surface area contributed by atoms with Crippen LogP contribution in [0.1, 0.15) is 0 Å². The molecule has 0 fully saturated rings. The van der Waals surface area contributed by atoms with Gasteiger partial charge < -0.3 is 9.72 Å². The van der Waals surface area contributed by atoms with Gasteiger partial charge in [0.1, 0.15) is 6.54 Å². The summed E-state index contributed by atoms with van der Waals surface area (Å²) < 4.78 is 28.8. The SMILES string of the molecule is COC(=O)CN(C)S(=O)(=O)c1cc[nH]c1. The van der Waals surface area contributed by atoms with Gasteiger partial charge in [-0.15, -0.1) is 0 Å². The van der Waals surface area contributed by atoms with Crippen LogP contribution in [-0.2, 0) is 19.6 Å². The van der Waals surface area contributed by atoms with Gasteiger partial charge in [-0.2, -0.15) is 4.31 Å².